The summed E-state index contributed by atoms with van der Waals surface area (Å²) in [5.74, 6) is 0. The Labute approximate surface area is 88.4 Å². The average molecular weight is 189 g/mol. The highest BCUT2D eigenvalue weighted by atomic mass is 15.0. The minimum Gasteiger partial charge on any atom is -0.341 e. The van der Waals surface area contributed by atoms with Crippen molar-refractivity contribution in [1.29, 1.82) is 0 Å². The van der Waals surface area contributed by atoms with Crippen LogP contribution in [0.4, 0.5) is 0 Å². The summed E-state index contributed by atoms with van der Waals surface area (Å²) in [5.41, 5.74) is 1.43. The highest BCUT2D eigenvalue weighted by molar-refractivity contribution is 6.50. The van der Waals surface area contributed by atoms with Crippen LogP contribution in [0.5, 0.6) is 0 Å². The van der Waals surface area contributed by atoms with Crippen molar-refractivity contribution in [1.82, 2.24) is 4.81 Å². The van der Waals surface area contributed by atoms with Crippen LogP contribution in [0.25, 0.3) is 0 Å². The van der Waals surface area contributed by atoms with Crippen LogP contribution in [0, 0.1) is 0 Å². The lowest BCUT2D eigenvalue weighted by atomic mass is 9.80. The quantitative estimate of drug-likeness (QED) is 0.616. The van der Waals surface area contributed by atoms with E-state index in [9.17, 15) is 0 Å². The second kappa shape index (κ2) is 6.66. The van der Waals surface area contributed by atoms with Gasteiger partial charge >= 0.3 is 0 Å². The number of rotatable bonds is 6. The summed E-state index contributed by atoms with van der Waals surface area (Å²) in [4.78, 5) is 2.52. The first-order valence-electron chi connectivity index (χ1n) is 5.63. The first-order chi connectivity index (χ1) is 6.86. The first-order valence-corrected chi connectivity index (χ1v) is 5.63. The Balaban J connectivity index is 2.46. The molecule has 0 aliphatic carbocycles. The van der Waals surface area contributed by atoms with Crippen LogP contribution >= 0.6 is 0 Å². The zero-order valence-electron chi connectivity index (χ0n) is 9.37. The molecule has 0 saturated heterocycles. The zero-order valence-corrected chi connectivity index (χ0v) is 9.37. The molecule has 0 unspecified atom stereocenters. The predicted octanol–water partition coefficient (Wildman–Crippen LogP) is 1.79. The summed E-state index contributed by atoms with van der Waals surface area (Å²) in [6.07, 6.45) is 2.49. The number of benzene rings is 1. The third-order valence-corrected chi connectivity index (χ3v) is 2.33. The molecule has 0 radical (unpaired) electrons. The summed E-state index contributed by atoms with van der Waals surface area (Å²) in [7, 11) is 1.10. The van der Waals surface area contributed by atoms with E-state index in [2.05, 4.69) is 49.0 Å². The summed E-state index contributed by atoms with van der Waals surface area (Å²) in [5, 5.41) is 0. The zero-order chi connectivity index (χ0) is 10.2. The molecule has 0 bridgehead atoms. The Bertz CT molecular complexity index is 229. The van der Waals surface area contributed by atoms with Gasteiger partial charge in [-0.15, -0.1) is 0 Å². The van der Waals surface area contributed by atoms with Crippen LogP contribution in [0.15, 0.2) is 30.3 Å². The molecule has 0 heterocycles. The van der Waals surface area contributed by atoms with Crippen LogP contribution < -0.4 is 5.46 Å². The van der Waals surface area contributed by atoms with Crippen molar-refractivity contribution in [2.24, 2.45) is 0 Å². The van der Waals surface area contributed by atoms with Crippen molar-refractivity contribution >= 4 is 12.9 Å². The van der Waals surface area contributed by atoms with Crippen LogP contribution in [-0.2, 0) is 0 Å². The Morgan fingerprint density at radius 1 is 1.00 bits per heavy atom. The lowest BCUT2D eigenvalue weighted by molar-refractivity contribution is 0.445. The molecule has 0 saturated carbocycles. The van der Waals surface area contributed by atoms with E-state index < -0.39 is 0 Å². The summed E-state index contributed by atoms with van der Waals surface area (Å²) >= 11 is 0. The molecule has 2 heteroatoms. The van der Waals surface area contributed by atoms with Gasteiger partial charge in [0.1, 0.15) is 0 Å². The fourth-order valence-corrected chi connectivity index (χ4v) is 1.74. The van der Waals surface area contributed by atoms with Crippen molar-refractivity contribution in [2.45, 2.75) is 26.7 Å². The second-order valence-electron chi connectivity index (χ2n) is 3.76. The highest BCUT2D eigenvalue weighted by Gasteiger charge is 2.04. The van der Waals surface area contributed by atoms with E-state index in [0.29, 0.717) is 0 Å². The molecule has 14 heavy (non-hydrogen) atoms. The lowest BCUT2D eigenvalue weighted by Gasteiger charge is -2.19. The van der Waals surface area contributed by atoms with Crippen molar-refractivity contribution in [3.8, 4) is 0 Å². The highest BCUT2D eigenvalue weighted by Crippen LogP contribution is 1.92. The topological polar surface area (TPSA) is 3.24 Å². The Morgan fingerprint density at radius 2 is 1.57 bits per heavy atom. The Hall–Kier alpha value is -0.755. The minimum absolute atomic E-state index is 1.10. The van der Waals surface area contributed by atoms with Gasteiger partial charge in [-0.25, -0.2) is 0 Å². The van der Waals surface area contributed by atoms with E-state index in [1.54, 1.807) is 0 Å². The lowest BCUT2D eigenvalue weighted by Crippen LogP contribution is -2.36. The van der Waals surface area contributed by atoms with E-state index >= 15 is 0 Å². The maximum Gasteiger partial charge on any atom is 0.238 e. The maximum absolute atomic E-state index is 2.52. The second-order valence-corrected chi connectivity index (χ2v) is 3.76. The molecule has 0 N–H and O–H groups in total. The molecule has 1 aromatic carbocycles. The predicted molar refractivity (Wildman–Crippen MR) is 65.4 cm³/mol. The Morgan fingerprint density at radius 3 is 2.07 bits per heavy atom. The van der Waals surface area contributed by atoms with Gasteiger partial charge < -0.3 is 4.81 Å². The first kappa shape index (κ1) is 11.3. The largest absolute Gasteiger partial charge is 0.341 e. The molecule has 1 aromatic rings. The molecule has 76 valence electrons. The van der Waals surface area contributed by atoms with Crippen molar-refractivity contribution in [3.63, 3.8) is 0 Å². The SMILES string of the molecule is CCCN(Bc1ccccc1)CCC. The molecule has 0 aliphatic rings. The summed E-state index contributed by atoms with van der Waals surface area (Å²) < 4.78 is 0. The third kappa shape index (κ3) is 3.97. The third-order valence-electron chi connectivity index (χ3n) is 2.33. The van der Waals surface area contributed by atoms with Gasteiger partial charge in [-0.05, 0) is 25.9 Å². The molecule has 0 fully saturated rings. The number of nitrogens with zero attached hydrogens (tertiary/aromatic N) is 1. The fraction of sp³-hybridized carbons (Fsp3) is 0.500. The van der Waals surface area contributed by atoms with Crippen LogP contribution in [0.1, 0.15) is 26.7 Å². The van der Waals surface area contributed by atoms with Crippen molar-refractivity contribution in [3.05, 3.63) is 30.3 Å². The fourth-order valence-electron chi connectivity index (χ4n) is 1.74. The van der Waals surface area contributed by atoms with E-state index in [1.165, 1.54) is 31.4 Å². The van der Waals surface area contributed by atoms with E-state index in [4.69, 9.17) is 0 Å². The maximum atomic E-state index is 2.52. The molecule has 0 aliphatic heterocycles. The van der Waals surface area contributed by atoms with Gasteiger partial charge in [-0.1, -0.05) is 49.6 Å². The smallest absolute Gasteiger partial charge is 0.238 e. The normalized spacial score (nSPS) is 10.5. The molecule has 0 spiro atoms. The van der Waals surface area contributed by atoms with Gasteiger partial charge in [0.25, 0.3) is 0 Å². The van der Waals surface area contributed by atoms with E-state index in [-0.39, 0.29) is 0 Å². The summed E-state index contributed by atoms with van der Waals surface area (Å²) in [6.45, 7) is 6.91. The van der Waals surface area contributed by atoms with Gasteiger partial charge in [0.2, 0.25) is 7.41 Å². The van der Waals surface area contributed by atoms with Gasteiger partial charge in [0.05, 0.1) is 0 Å². The molecule has 1 rings (SSSR count). The van der Waals surface area contributed by atoms with Gasteiger partial charge in [-0.2, -0.15) is 0 Å². The molecular formula is C12H20BN. The molecule has 0 atom stereocenters. The summed E-state index contributed by atoms with van der Waals surface area (Å²) in [6, 6.07) is 10.7. The van der Waals surface area contributed by atoms with Crippen LogP contribution in [-0.4, -0.2) is 25.3 Å². The monoisotopic (exact) mass is 189 g/mol. The molecular weight excluding hydrogens is 169 g/mol. The van der Waals surface area contributed by atoms with E-state index in [0.717, 1.165) is 7.41 Å². The van der Waals surface area contributed by atoms with E-state index in [1.807, 2.05) is 0 Å². The standard InChI is InChI=1S/C12H20BN/c1-3-10-14(11-4-2)13-12-8-6-5-7-9-12/h5-9,13H,3-4,10-11H2,1-2H3. The minimum atomic E-state index is 1.10. The van der Waals surface area contributed by atoms with Gasteiger partial charge in [0.15, 0.2) is 0 Å². The van der Waals surface area contributed by atoms with Crippen LogP contribution in [0.2, 0.25) is 0 Å². The number of hydrogen-bond donors (Lipinski definition) is 0. The van der Waals surface area contributed by atoms with Gasteiger partial charge in [-0.3, -0.25) is 0 Å². The molecule has 0 aromatic heterocycles. The van der Waals surface area contributed by atoms with Crippen molar-refractivity contribution in [2.75, 3.05) is 13.1 Å². The van der Waals surface area contributed by atoms with Crippen molar-refractivity contribution < 1.29 is 0 Å². The number of hydrogen-bond acceptors (Lipinski definition) is 1. The Kier molecular flexibility index (Phi) is 5.39. The van der Waals surface area contributed by atoms with Crippen LogP contribution in [0.3, 0.4) is 0 Å². The molecule has 1 nitrogen and oxygen atoms in total. The van der Waals surface area contributed by atoms with Gasteiger partial charge in [0, 0.05) is 0 Å². The average Bonchev–Trinajstić information content (AvgIpc) is 2.20. The molecule has 0 amide bonds.